The molecule has 0 aliphatic heterocycles. The third-order valence-corrected chi connectivity index (χ3v) is 4.06. The summed E-state index contributed by atoms with van der Waals surface area (Å²) in [7, 11) is 2.11. The molecular formula is C16H23BrN4. The molecule has 2 aromatic rings. The van der Waals surface area contributed by atoms with Gasteiger partial charge in [0.25, 0.3) is 0 Å². The Morgan fingerprint density at radius 2 is 2.24 bits per heavy atom. The number of hydrogen-bond donors (Lipinski definition) is 1. The van der Waals surface area contributed by atoms with Crippen molar-refractivity contribution in [1.29, 1.82) is 0 Å². The second kappa shape index (κ2) is 7.73. The lowest BCUT2D eigenvalue weighted by Crippen LogP contribution is -2.30. The maximum absolute atomic E-state index is 5.98. The first-order chi connectivity index (χ1) is 10.1. The van der Waals surface area contributed by atoms with Crippen LogP contribution in [0.2, 0.25) is 0 Å². The van der Waals surface area contributed by atoms with Crippen molar-refractivity contribution in [3.8, 4) is 0 Å². The van der Waals surface area contributed by atoms with Gasteiger partial charge in [0.2, 0.25) is 0 Å². The van der Waals surface area contributed by atoms with Gasteiger partial charge >= 0.3 is 0 Å². The SMILES string of the molecule is CCCn1cc(C(CN)N(C)Cc2cccc(Br)c2)cn1. The lowest BCUT2D eigenvalue weighted by molar-refractivity contribution is 0.241. The minimum absolute atomic E-state index is 0.189. The molecule has 2 rings (SSSR count). The summed E-state index contributed by atoms with van der Waals surface area (Å²) in [5.41, 5.74) is 8.44. The van der Waals surface area contributed by atoms with Gasteiger partial charge in [0.05, 0.1) is 12.2 Å². The summed E-state index contributed by atoms with van der Waals surface area (Å²) >= 11 is 3.52. The van der Waals surface area contributed by atoms with Crippen molar-refractivity contribution < 1.29 is 0 Å². The second-order valence-electron chi connectivity index (χ2n) is 5.33. The fourth-order valence-electron chi connectivity index (χ4n) is 2.51. The Morgan fingerprint density at radius 1 is 1.43 bits per heavy atom. The molecule has 0 amide bonds. The van der Waals surface area contributed by atoms with Crippen LogP contribution in [0.5, 0.6) is 0 Å². The molecule has 0 spiro atoms. The van der Waals surface area contributed by atoms with Crippen LogP contribution in [0.3, 0.4) is 0 Å². The number of benzene rings is 1. The minimum Gasteiger partial charge on any atom is -0.329 e. The van der Waals surface area contributed by atoms with Crippen molar-refractivity contribution in [2.75, 3.05) is 13.6 Å². The molecule has 0 aliphatic rings. The maximum Gasteiger partial charge on any atom is 0.0538 e. The van der Waals surface area contributed by atoms with Gasteiger partial charge in [0.1, 0.15) is 0 Å². The van der Waals surface area contributed by atoms with Crippen LogP contribution in [-0.2, 0) is 13.1 Å². The van der Waals surface area contributed by atoms with Gasteiger partial charge < -0.3 is 5.73 Å². The Morgan fingerprint density at radius 3 is 2.90 bits per heavy atom. The molecule has 1 heterocycles. The largest absolute Gasteiger partial charge is 0.329 e. The molecule has 1 aromatic heterocycles. The van der Waals surface area contributed by atoms with E-state index in [2.05, 4.69) is 64.3 Å². The molecule has 21 heavy (non-hydrogen) atoms. The number of aryl methyl sites for hydroxylation is 1. The third-order valence-electron chi connectivity index (χ3n) is 3.57. The van der Waals surface area contributed by atoms with Crippen molar-refractivity contribution >= 4 is 15.9 Å². The number of hydrogen-bond acceptors (Lipinski definition) is 3. The third kappa shape index (κ3) is 4.40. The van der Waals surface area contributed by atoms with Crippen LogP contribution in [-0.4, -0.2) is 28.3 Å². The zero-order chi connectivity index (χ0) is 15.2. The topological polar surface area (TPSA) is 47.1 Å². The van der Waals surface area contributed by atoms with Gasteiger partial charge in [0.15, 0.2) is 0 Å². The molecule has 0 radical (unpaired) electrons. The lowest BCUT2D eigenvalue weighted by atomic mass is 10.1. The average Bonchev–Trinajstić information content (AvgIpc) is 2.88. The smallest absolute Gasteiger partial charge is 0.0538 e. The molecule has 1 aromatic carbocycles. The Labute approximate surface area is 135 Å². The molecule has 0 saturated heterocycles. The minimum atomic E-state index is 0.189. The van der Waals surface area contributed by atoms with E-state index in [0.29, 0.717) is 6.54 Å². The molecule has 0 bridgehead atoms. The van der Waals surface area contributed by atoms with E-state index in [-0.39, 0.29) is 6.04 Å². The van der Waals surface area contributed by atoms with Gasteiger partial charge in [0, 0.05) is 35.9 Å². The first-order valence-electron chi connectivity index (χ1n) is 7.31. The predicted molar refractivity (Wildman–Crippen MR) is 89.9 cm³/mol. The van der Waals surface area contributed by atoms with E-state index >= 15 is 0 Å². The highest BCUT2D eigenvalue weighted by Crippen LogP contribution is 2.21. The molecule has 4 nitrogen and oxygen atoms in total. The Balaban J connectivity index is 2.08. The summed E-state index contributed by atoms with van der Waals surface area (Å²) in [5.74, 6) is 0. The highest BCUT2D eigenvalue weighted by Gasteiger charge is 2.17. The second-order valence-corrected chi connectivity index (χ2v) is 6.25. The molecule has 0 fully saturated rings. The van der Waals surface area contributed by atoms with Crippen molar-refractivity contribution in [3.05, 3.63) is 52.3 Å². The van der Waals surface area contributed by atoms with E-state index in [9.17, 15) is 0 Å². The van der Waals surface area contributed by atoms with Crippen LogP contribution in [0.25, 0.3) is 0 Å². The number of likely N-dealkylation sites (N-methyl/N-ethyl adjacent to an activating group) is 1. The monoisotopic (exact) mass is 350 g/mol. The summed E-state index contributed by atoms with van der Waals surface area (Å²) in [6, 6.07) is 8.57. The van der Waals surface area contributed by atoms with Crippen molar-refractivity contribution in [1.82, 2.24) is 14.7 Å². The van der Waals surface area contributed by atoms with E-state index in [1.54, 1.807) is 0 Å². The van der Waals surface area contributed by atoms with Crippen LogP contribution in [0.4, 0.5) is 0 Å². The molecule has 1 atom stereocenters. The van der Waals surface area contributed by atoms with Crippen LogP contribution in [0.1, 0.15) is 30.5 Å². The quantitative estimate of drug-likeness (QED) is 0.833. The van der Waals surface area contributed by atoms with Gasteiger partial charge in [-0.05, 0) is 31.2 Å². The van der Waals surface area contributed by atoms with E-state index in [4.69, 9.17) is 5.73 Å². The Hall–Kier alpha value is -1.17. The van der Waals surface area contributed by atoms with E-state index in [1.807, 2.05) is 16.9 Å². The van der Waals surface area contributed by atoms with Gasteiger partial charge in [-0.15, -0.1) is 0 Å². The molecule has 114 valence electrons. The van der Waals surface area contributed by atoms with Crippen molar-refractivity contribution in [3.63, 3.8) is 0 Å². The fourth-order valence-corrected chi connectivity index (χ4v) is 2.95. The van der Waals surface area contributed by atoms with Crippen molar-refractivity contribution in [2.24, 2.45) is 5.73 Å². The molecule has 2 N–H and O–H groups in total. The van der Waals surface area contributed by atoms with E-state index in [0.717, 1.165) is 24.0 Å². The van der Waals surface area contributed by atoms with Crippen molar-refractivity contribution in [2.45, 2.75) is 32.5 Å². The number of rotatable bonds is 7. The van der Waals surface area contributed by atoms with Gasteiger partial charge in [-0.3, -0.25) is 9.58 Å². The van der Waals surface area contributed by atoms with Gasteiger partial charge in [-0.1, -0.05) is 35.0 Å². The molecule has 1 unspecified atom stereocenters. The van der Waals surface area contributed by atoms with Crippen LogP contribution < -0.4 is 5.73 Å². The molecule has 5 heteroatoms. The highest BCUT2D eigenvalue weighted by molar-refractivity contribution is 9.10. The zero-order valence-corrected chi connectivity index (χ0v) is 14.3. The summed E-state index contributed by atoms with van der Waals surface area (Å²) < 4.78 is 3.10. The zero-order valence-electron chi connectivity index (χ0n) is 12.7. The fraction of sp³-hybridized carbons (Fsp3) is 0.438. The van der Waals surface area contributed by atoms with E-state index in [1.165, 1.54) is 11.1 Å². The summed E-state index contributed by atoms with van der Waals surface area (Å²) in [6.07, 6.45) is 5.13. The molecule has 0 aliphatic carbocycles. The summed E-state index contributed by atoms with van der Waals surface area (Å²) in [4.78, 5) is 2.27. The Kier molecular flexibility index (Phi) is 5.96. The van der Waals surface area contributed by atoms with Crippen LogP contribution >= 0.6 is 15.9 Å². The number of nitrogens with zero attached hydrogens (tertiary/aromatic N) is 3. The van der Waals surface area contributed by atoms with Gasteiger partial charge in [-0.25, -0.2) is 0 Å². The lowest BCUT2D eigenvalue weighted by Gasteiger charge is -2.26. The normalized spacial score (nSPS) is 12.8. The standard InChI is InChI=1S/C16H23BrN4/c1-3-7-21-12-14(10-19-21)16(9-18)20(2)11-13-5-4-6-15(17)8-13/h4-6,8,10,12,16H,3,7,9,11,18H2,1-2H3. The van der Waals surface area contributed by atoms with Crippen LogP contribution in [0.15, 0.2) is 41.1 Å². The highest BCUT2D eigenvalue weighted by atomic mass is 79.9. The number of nitrogens with two attached hydrogens (primary N) is 1. The first kappa shape index (κ1) is 16.2. The maximum atomic E-state index is 5.98. The summed E-state index contributed by atoms with van der Waals surface area (Å²) in [5, 5.41) is 4.41. The van der Waals surface area contributed by atoms with Crippen LogP contribution in [0, 0.1) is 0 Å². The summed E-state index contributed by atoms with van der Waals surface area (Å²) in [6.45, 7) is 4.55. The van der Waals surface area contributed by atoms with E-state index < -0.39 is 0 Å². The first-order valence-corrected chi connectivity index (χ1v) is 8.10. The average molecular weight is 351 g/mol. The number of halogens is 1. The molecule has 0 saturated carbocycles. The number of aromatic nitrogens is 2. The predicted octanol–water partition coefficient (Wildman–Crippen LogP) is 3.19. The Bertz CT molecular complexity index is 567. The van der Waals surface area contributed by atoms with Gasteiger partial charge in [-0.2, -0.15) is 5.10 Å². The molecular weight excluding hydrogens is 328 g/mol.